The number of nitrogens with zero attached hydrogens (tertiary/aromatic N) is 1. The second-order valence-electron chi connectivity index (χ2n) is 3.48. The van der Waals surface area contributed by atoms with Crippen molar-refractivity contribution in [3.8, 4) is 0 Å². The molecule has 0 fully saturated rings. The van der Waals surface area contributed by atoms with Crippen molar-refractivity contribution in [2.24, 2.45) is 0 Å². The van der Waals surface area contributed by atoms with Crippen LogP contribution in [-0.2, 0) is 30.1 Å². The molecule has 0 radical (unpaired) electrons. The third-order valence-corrected chi connectivity index (χ3v) is 2.51. The van der Waals surface area contributed by atoms with Gasteiger partial charge in [-0.1, -0.05) is 17.4 Å². The van der Waals surface area contributed by atoms with Crippen molar-refractivity contribution in [1.82, 2.24) is 0 Å². The molecule has 104 valence electrons. The van der Waals surface area contributed by atoms with E-state index in [1.165, 1.54) is 0 Å². The number of amides is 1. The molecular weight excluding hydrogens is 329 g/mol. The third-order valence-electron chi connectivity index (χ3n) is 2.01. The van der Waals surface area contributed by atoms with Gasteiger partial charge in [0.25, 0.3) is 0 Å². The summed E-state index contributed by atoms with van der Waals surface area (Å²) in [7, 11) is 0. The second kappa shape index (κ2) is 14.2. The van der Waals surface area contributed by atoms with Gasteiger partial charge < -0.3 is 35.6 Å². The normalized spacial score (nSPS) is 8.58. The van der Waals surface area contributed by atoms with E-state index in [9.17, 15) is 4.79 Å². The van der Waals surface area contributed by atoms with E-state index in [-0.39, 0.29) is 74.6 Å². The van der Waals surface area contributed by atoms with Crippen LogP contribution in [0, 0.1) is 0 Å². The summed E-state index contributed by atoms with van der Waals surface area (Å²) in [5.41, 5.74) is 0.837. The van der Waals surface area contributed by atoms with Gasteiger partial charge in [0.2, 0.25) is 5.91 Å². The zero-order valence-electron chi connectivity index (χ0n) is 11.6. The van der Waals surface area contributed by atoms with Gasteiger partial charge in [0.15, 0.2) is 0 Å². The molecule has 1 amide bonds. The maximum atomic E-state index is 11.6. The Balaban J connectivity index is -0.000000609. The third kappa shape index (κ3) is 9.01. The first kappa shape index (κ1) is 25.2. The summed E-state index contributed by atoms with van der Waals surface area (Å²) >= 11 is 14.6. The molecule has 1 rings (SSSR count). The minimum atomic E-state index is -0.0534. The van der Waals surface area contributed by atoms with Crippen molar-refractivity contribution >= 4 is 48.5 Å². The number of hydrogen-bond acceptors (Lipinski definition) is 4. The van der Waals surface area contributed by atoms with Gasteiger partial charge in [-0.3, -0.25) is 4.79 Å². The van der Waals surface area contributed by atoms with Crippen molar-refractivity contribution in [3.05, 3.63) is 29.3 Å². The fourth-order valence-electron chi connectivity index (χ4n) is 1.40. The number of rotatable bonds is 3. The first-order valence-corrected chi connectivity index (χ1v) is 6.90. The van der Waals surface area contributed by atoms with Gasteiger partial charge in [-0.25, -0.2) is 0 Å². The largest absolute Gasteiger partial charge is 1.00 e. The minimum absolute atomic E-state index is 0. The van der Waals surface area contributed by atoms with Crippen LogP contribution in [0.5, 0.6) is 0 Å². The van der Waals surface area contributed by atoms with Crippen LogP contribution in [0.4, 0.5) is 5.69 Å². The molecule has 0 unspecified atom stereocenters. The van der Waals surface area contributed by atoms with Gasteiger partial charge in [0.05, 0.1) is 0 Å². The first-order chi connectivity index (χ1) is 8.06. The first-order valence-electron chi connectivity index (χ1n) is 5.13. The summed E-state index contributed by atoms with van der Waals surface area (Å²) in [6.07, 6.45) is 1.58. The summed E-state index contributed by atoms with van der Waals surface area (Å²) in [6.45, 7) is 3.91. The molecule has 1 N–H and O–H groups in total. The van der Waals surface area contributed by atoms with E-state index in [0.29, 0.717) is 5.02 Å². The smallest absolute Gasteiger partial charge is 0.870 e. The molecule has 0 bridgehead atoms. The average molecular weight is 346 g/mol. The van der Waals surface area contributed by atoms with Crippen LogP contribution in [0.2, 0.25) is 5.02 Å². The van der Waals surface area contributed by atoms with E-state index >= 15 is 0 Å². The zero-order chi connectivity index (χ0) is 13.4. The summed E-state index contributed by atoms with van der Waals surface area (Å²) < 4.78 is 0. The van der Waals surface area contributed by atoms with E-state index in [4.69, 9.17) is 24.2 Å². The van der Waals surface area contributed by atoms with Crippen molar-refractivity contribution in [3.63, 3.8) is 0 Å². The predicted octanol–water partition coefficient (Wildman–Crippen LogP) is -0.381. The predicted molar refractivity (Wildman–Crippen MR) is 81.5 cm³/mol. The number of anilines is 1. The number of benzene rings is 1. The Labute approximate surface area is 174 Å². The summed E-state index contributed by atoms with van der Waals surface area (Å²) in [5, 5.41) is 0.660. The van der Waals surface area contributed by atoms with Crippen molar-refractivity contribution in [2.45, 2.75) is 19.9 Å². The van der Waals surface area contributed by atoms with Crippen molar-refractivity contribution in [1.29, 1.82) is 0 Å². The molecule has 0 aliphatic rings. The molecule has 0 saturated carbocycles. The molecule has 1 aromatic rings. The van der Waals surface area contributed by atoms with Crippen LogP contribution < -0.4 is 56.3 Å². The molecule has 19 heavy (non-hydrogen) atoms. The van der Waals surface area contributed by atoms with Gasteiger partial charge in [0.1, 0.15) is 0 Å². The van der Waals surface area contributed by atoms with Crippen molar-refractivity contribution < 1.29 is 61.7 Å². The Kier molecular flexibility index (Phi) is 18.9. The quantitative estimate of drug-likeness (QED) is 0.553. The molecule has 7 heteroatoms. The van der Waals surface area contributed by atoms with E-state index in [1.54, 1.807) is 23.3 Å². The van der Waals surface area contributed by atoms with E-state index in [0.717, 1.165) is 5.69 Å². The molecule has 0 heterocycles. The van der Waals surface area contributed by atoms with Gasteiger partial charge in [-0.2, -0.15) is 6.26 Å². The fourth-order valence-corrected chi connectivity index (χ4v) is 1.67. The Hall–Kier alpha value is 1.28. The monoisotopic (exact) mass is 345 g/mol. The van der Waals surface area contributed by atoms with Gasteiger partial charge >= 0.3 is 51.4 Å². The van der Waals surface area contributed by atoms with Crippen LogP contribution in [0.3, 0.4) is 0 Å². The van der Waals surface area contributed by atoms with Crippen LogP contribution in [0.25, 0.3) is 0 Å². The van der Waals surface area contributed by atoms with Gasteiger partial charge in [0, 0.05) is 16.8 Å². The number of halogens is 1. The fraction of sp³-hybridized carbons (Fsp3) is 0.417. The number of carbonyl (C=O) groups excluding carboxylic acids is 1. The minimum Gasteiger partial charge on any atom is -0.870 e. The molecule has 0 saturated heterocycles. The number of carbonyl (C=O) groups is 1. The SMILES string of the molecule is CC(C)N(C(=O)C[S-])c1ccc(Cl)cc1.C[S-].[K+].[OH-]. The Bertz CT molecular complexity index is 350. The maximum absolute atomic E-state index is 11.6. The van der Waals surface area contributed by atoms with Crippen LogP contribution in [0.1, 0.15) is 13.8 Å². The molecule has 3 nitrogen and oxygen atoms in total. The molecule has 1 aromatic carbocycles. The van der Waals surface area contributed by atoms with Crippen LogP contribution in [-0.4, -0.2) is 29.4 Å². The molecule has 0 aliphatic carbocycles. The Morgan fingerprint density at radius 3 is 2.00 bits per heavy atom. The molecule has 0 aliphatic heterocycles. The summed E-state index contributed by atoms with van der Waals surface area (Å²) in [5.74, 6) is 0.0446. The average Bonchev–Trinajstić information content (AvgIpc) is 2.34. The standard InChI is InChI=1S/C11H14ClNOS.CH4S.K.H2O/c1-8(2)13(11(14)7-15)10-5-3-9(12)4-6-10;1-2;;/h3-6,8,15H,7H2,1-2H3;2H,1H3;;1H2/q;;+1;/p-3. The van der Waals surface area contributed by atoms with Crippen molar-refractivity contribution in [2.75, 3.05) is 16.9 Å². The zero-order valence-corrected chi connectivity index (χ0v) is 17.1. The van der Waals surface area contributed by atoms with E-state index < -0.39 is 0 Å². The Morgan fingerprint density at radius 2 is 1.68 bits per heavy atom. The van der Waals surface area contributed by atoms with Gasteiger partial charge in [-0.05, 0) is 38.1 Å². The maximum Gasteiger partial charge on any atom is 1.00 e. The summed E-state index contributed by atoms with van der Waals surface area (Å²) in [6, 6.07) is 7.28. The van der Waals surface area contributed by atoms with Gasteiger partial charge in [-0.15, -0.1) is 0 Å². The Morgan fingerprint density at radius 1 is 1.26 bits per heavy atom. The molecule has 0 spiro atoms. The molecule has 0 atom stereocenters. The van der Waals surface area contributed by atoms with Crippen LogP contribution in [0.15, 0.2) is 24.3 Å². The second-order valence-corrected chi connectivity index (χ2v) is 4.20. The topological polar surface area (TPSA) is 50.3 Å². The molecule has 0 aromatic heterocycles. The van der Waals surface area contributed by atoms with Crippen LogP contribution >= 0.6 is 11.6 Å². The van der Waals surface area contributed by atoms with E-state index in [2.05, 4.69) is 12.6 Å². The molecular formula is C12H17ClKNO2S2-2. The summed E-state index contributed by atoms with van der Waals surface area (Å²) in [4.78, 5) is 13.3. The number of hydrogen-bond donors (Lipinski definition) is 0. The van der Waals surface area contributed by atoms with E-state index in [1.807, 2.05) is 26.0 Å².